The molecule has 1 atom stereocenters. The monoisotopic (exact) mass is 254 g/mol. The Labute approximate surface area is 108 Å². The van der Waals surface area contributed by atoms with Crippen molar-refractivity contribution in [1.82, 2.24) is 20.1 Å². The van der Waals surface area contributed by atoms with E-state index < -0.39 is 0 Å². The zero-order valence-electron chi connectivity index (χ0n) is 10.7. The van der Waals surface area contributed by atoms with E-state index in [0.717, 1.165) is 18.8 Å². The lowest BCUT2D eigenvalue weighted by molar-refractivity contribution is 0.154. The molecule has 2 heterocycles. The molecule has 17 heavy (non-hydrogen) atoms. The summed E-state index contributed by atoms with van der Waals surface area (Å²) in [7, 11) is 2.19. The van der Waals surface area contributed by atoms with E-state index in [0.29, 0.717) is 6.04 Å². The van der Waals surface area contributed by atoms with E-state index >= 15 is 0 Å². The van der Waals surface area contributed by atoms with Crippen molar-refractivity contribution in [3.05, 3.63) is 16.6 Å². The minimum absolute atomic E-state index is 0.369. The van der Waals surface area contributed by atoms with Gasteiger partial charge in [-0.2, -0.15) is 0 Å². The van der Waals surface area contributed by atoms with E-state index in [1.807, 2.05) is 5.51 Å². The van der Waals surface area contributed by atoms with Crippen LogP contribution in [0, 0.1) is 0 Å². The lowest BCUT2D eigenvalue weighted by Gasteiger charge is -2.32. The van der Waals surface area contributed by atoms with Crippen LogP contribution in [0.3, 0.4) is 0 Å². The summed E-state index contributed by atoms with van der Waals surface area (Å²) in [5, 5.41) is 5.65. The molecule has 4 nitrogen and oxygen atoms in total. The molecule has 0 amide bonds. The standard InChI is InChI=1S/C12H22N4S/c1-11(12-9-17-10-14-12)13-3-4-16-7-5-15(2)6-8-16/h9-11,13H,3-8H2,1-2H3. The van der Waals surface area contributed by atoms with Crippen molar-refractivity contribution in [2.24, 2.45) is 0 Å². The maximum Gasteiger partial charge on any atom is 0.0795 e. The summed E-state index contributed by atoms with van der Waals surface area (Å²) in [4.78, 5) is 9.25. The molecule has 0 saturated carbocycles. The van der Waals surface area contributed by atoms with Crippen LogP contribution in [-0.4, -0.2) is 61.1 Å². The average molecular weight is 254 g/mol. The number of hydrogen-bond acceptors (Lipinski definition) is 5. The van der Waals surface area contributed by atoms with Crippen LogP contribution < -0.4 is 5.32 Å². The molecule has 1 N–H and O–H groups in total. The Morgan fingerprint density at radius 2 is 2.18 bits per heavy atom. The number of piperazine rings is 1. The number of rotatable bonds is 5. The van der Waals surface area contributed by atoms with Crippen molar-refractivity contribution in [1.29, 1.82) is 0 Å². The third kappa shape index (κ3) is 4.03. The molecule has 1 unspecified atom stereocenters. The molecule has 2 rings (SSSR count). The van der Waals surface area contributed by atoms with Crippen LogP contribution in [0.15, 0.2) is 10.9 Å². The van der Waals surface area contributed by atoms with Crippen molar-refractivity contribution in [2.75, 3.05) is 46.3 Å². The minimum atomic E-state index is 0.369. The molecule has 0 spiro atoms. The molecule has 0 radical (unpaired) electrons. The van der Waals surface area contributed by atoms with Gasteiger partial charge in [-0.25, -0.2) is 4.98 Å². The zero-order chi connectivity index (χ0) is 12.1. The van der Waals surface area contributed by atoms with Crippen LogP contribution in [0.4, 0.5) is 0 Å². The molecule has 0 aliphatic carbocycles. The number of likely N-dealkylation sites (N-methyl/N-ethyl adjacent to an activating group) is 1. The van der Waals surface area contributed by atoms with Crippen LogP contribution in [0.25, 0.3) is 0 Å². The fourth-order valence-electron chi connectivity index (χ4n) is 2.05. The molecule has 0 aromatic carbocycles. The van der Waals surface area contributed by atoms with E-state index in [9.17, 15) is 0 Å². The number of nitrogens with zero attached hydrogens (tertiary/aromatic N) is 3. The number of aromatic nitrogens is 1. The Bertz CT molecular complexity index is 306. The third-order valence-electron chi connectivity index (χ3n) is 3.37. The molecule has 0 bridgehead atoms. The smallest absolute Gasteiger partial charge is 0.0795 e. The molecule has 1 aliphatic rings. The maximum atomic E-state index is 4.33. The molecule has 96 valence electrons. The summed E-state index contributed by atoms with van der Waals surface area (Å²) in [5.74, 6) is 0. The first-order valence-electron chi connectivity index (χ1n) is 6.28. The molecular formula is C12H22N4S. The van der Waals surface area contributed by atoms with Gasteiger partial charge in [-0.1, -0.05) is 0 Å². The minimum Gasteiger partial charge on any atom is -0.308 e. The Balaban J connectivity index is 1.63. The summed E-state index contributed by atoms with van der Waals surface area (Å²) in [6, 6.07) is 0.369. The first-order chi connectivity index (χ1) is 8.25. The van der Waals surface area contributed by atoms with Gasteiger partial charge < -0.3 is 10.2 Å². The van der Waals surface area contributed by atoms with Crippen LogP contribution in [0.5, 0.6) is 0 Å². The van der Waals surface area contributed by atoms with Gasteiger partial charge in [0.1, 0.15) is 0 Å². The lowest BCUT2D eigenvalue weighted by Crippen LogP contribution is -2.46. The molecule has 1 aliphatic heterocycles. The second-order valence-corrected chi connectivity index (χ2v) is 5.45. The SMILES string of the molecule is CC(NCCN1CCN(C)CC1)c1cscn1. The molecule has 1 aromatic heterocycles. The van der Waals surface area contributed by atoms with Gasteiger partial charge in [-0.05, 0) is 14.0 Å². The maximum absolute atomic E-state index is 4.33. The van der Waals surface area contributed by atoms with Gasteiger partial charge in [-0.3, -0.25) is 4.90 Å². The highest BCUT2D eigenvalue weighted by molar-refractivity contribution is 7.07. The van der Waals surface area contributed by atoms with Crippen LogP contribution >= 0.6 is 11.3 Å². The van der Waals surface area contributed by atoms with Crippen LogP contribution in [0.2, 0.25) is 0 Å². The van der Waals surface area contributed by atoms with E-state index in [1.54, 1.807) is 11.3 Å². The van der Waals surface area contributed by atoms with Gasteiger partial charge in [-0.15, -0.1) is 11.3 Å². The van der Waals surface area contributed by atoms with Gasteiger partial charge in [0.05, 0.1) is 11.2 Å². The summed E-state index contributed by atoms with van der Waals surface area (Å²) in [5.41, 5.74) is 3.06. The van der Waals surface area contributed by atoms with E-state index in [4.69, 9.17) is 0 Å². The highest BCUT2D eigenvalue weighted by Gasteiger charge is 2.13. The largest absolute Gasteiger partial charge is 0.308 e. The van der Waals surface area contributed by atoms with Gasteiger partial charge in [0.2, 0.25) is 0 Å². The normalized spacial score (nSPS) is 20.6. The van der Waals surface area contributed by atoms with E-state index in [2.05, 4.69) is 39.5 Å². The third-order valence-corrected chi connectivity index (χ3v) is 3.97. The van der Waals surface area contributed by atoms with Crippen LogP contribution in [-0.2, 0) is 0 Å². The van der Waals surface area contributed by atoms with Gasteiger partial charge in [0.25, 0.3) is 0 Å². The van der Waals surface area contributed by atoms with Gasteiger partial charge >= 0.3 is 0 Å². The Morgan fingerprint density at radius 3 is 2.82 bits per heavy atom. The van der Waals surface area contributed by atoms with Crippen molar-refractivity contribution in [3.8, 4) is 0 Å². The highest BCUT2D eigenvalue weighted by atomic mass is 32.1. The van der Waals surface area contributed by atoms with Crippen molar-refractivity contribution in [2.45, 2.75) is 13.0 Å². The predicted octanol–water partition coefficient (Wildman–Crippen LogP) is 1.04. The fraction of sp³-hybridized carbons (Fsp3) is 0.750. The topological polar surface area (TPSA) is 31.4 Å². The molecule has 1 fully saturated rings. The summed E-state index contributed by atoms with van der Waals surface area (Å²) in [6.07, 6.45) is 0. The Morgan fingerprint density at radius 1 is 1.41 bits per heavy atom. The quantitative estimate of drug-likeness (QED) is 0.851. The second kappa shape index (κ2) is 6.44. The zero-order valence-corrected chi connectivity index (χ0v) is 11.5. The van der Waals surface area contributed by atoms with Gasteiger partial charge in [0, 0.05) is 50.7 Å². The molecule has 1 saturated heterocycles. The number of hydrogen-bond donors (Lipinski definition) is 1. The lowest BCUT2D eigenvalue weighted by atomic mass is 10.2. The summed E-state index contributed by atoms with van der Waals surface area (Å²) >= 11 is 1.66. The Kier molecular flexibility index (Phi) is 4.91. The van der Waals surface area contributed by atoms with Crippen molar-refractivity contribution < 1.29 is 0 Å². The summed E-state index contributed by atoms with van der Waals surface area (Å²) in [6.45, 7) is 9.15. The first kappa shape index (κ1) is 13.0. The number of thiazole rings is 1. The van der Waals surface area contributed by atoms with Crippen molar-refractivity contribution >= 4 is 11.3 Å². The number of nitrogens with one attached hydrogen (secondary N) is 1. The highest BCUT2D eigenvalue weighted by Crippen LogP contribution is 2.11. The first-order valence-corrected chi connectivity index (χ1v) is 7.22. The average Bonchev–Trinajstić information content (AvgIpc) is 2.85. The Hall–Kier alpha value is -0.490. The fourth-order valence-corrected chi connectivity index (χ4v) is 2.70. The summed E-state index contributed by atoms with van der Waals surface area (Å²) < 4.78 is 0. The molecule has 1 aromatic rings. The molecule has 5 heteroatoms. The van der Waals surface area contributed by atoms with Crippen LogP contribution in [0.1, 0.15) is 18.7 Å². The molecular weight excluding hydrogens is 232 g/mol. The van der Waals surface area contributed by atoms with E-state index in [1.165, 1.54) is 26.2 Å². The second-order valence-electron chi connectivity index (χ2n) is 4.73. The predicted molar refractivity (Wildman–Crippen MR) is 72.5 cm³/mol. The van der Waals surface area contributed by atoms with E-state index in [-0.39, 0.29) is 0 Å². The van der Waals surface area contributed by atoms with Gasteiger partial charge in [0.15, 0.2) is 0 Å². The van der Waals surface area contributed by atoms with Crippen molar-refractivity contribution in [3.63, 3.8) is 0 Å².